The van der Waals surface area contributed by atoms with Crippen molar-refractivity contribution in [2.45, 2.75) is 19.4 Å². The normalized spacial score (nSPS) is 16.4. The van der Waals surface area contributed by atoms with Gasteiger partial charge in [0, 0.05) is 23.7 Å². The quantitative estimate of drug-likeness (QED) is 0.860. The largest absolute Gasteiger partial charge is 0.480 e. The Bertz CT molecular complexity index is 834. The second kappa shape index (κ2) is 7.38. The first kappa shape index (κ1) is 17.6. The average Bonchev–Trinajstić information content (AvgIpc) is 2.57. The predicted octanol–water partition coefficient (Wildman–Crippen LogP) is 4.70. The average molecular weight is 360 g/mol. The molecule has 0 fully saturated rings. The van der Waals surface area contributed by atoms with Crippen molar-refractivity contribution in [1.29, 1.82) is 0 Å². The summed E-state index contributed by atoms with van der Waals surface area (Å²) in [5.74, 6) is -1.53. The van der Waals surface area contributed by atoms with Crippen LogP contribution >= 0.6 is 11.6 Å². The molecule has 1 unspecified atom stereocenters. The van der Waals surface area contributed by atoms with Gasteiger partial charge in [0.05, 0.1) is 0 Å². The maximum atomic E-state index is 14.1. The van der Waals surface area contributed by atoms with Crippen LogP contribution in [0.2, 0.25) is 5.02 Å². The minimum Gasteiger partial charge on any atom is -0.480 e. The lowest BCUT2D eigenvalue weighted by atomic mass is 9.94. The van der Waals surface area contributed by atoms with Crippen LogP contribution in [0, 0.1) is 12.7 Å². The van der Waals surface area contributed by atoms with Crippen LogP contribution in [0.4, 0.5) is 4.39 Å². The number of carboxylic acid groups (broad SMARTS) is 1. The van der Waals surface area contributed by atoms with Gasteiger partial charge in [0.15, 0.2) is 0 Å². The van der Waals surface area contributed by atoms with Crippen molar-refractivity contribution < 1.29 is 14.3 Å². The Labute approximate surface area is 151 Å². The van der Waals surface area contributed by atoms with Crippen molar-refractivity contribution in [2.75, 3.05) is 13.1 Å². The highest BCUT2D eigenvalue weighted by molar-refractivity contribution is 6.30. The fraction of sp³-hybridized carbons (Fsp3) is 0.250. The van der Waals surface area contributed by atoms with Gasteiger partial charge in [0.2, 0.25) is 0 Å². The zero-order chi connectivity index (χ0) is 18.0. The van der Waals surface area contributed by atoms with Crippen LogP contribution in [0.3, 0.4) is 0 Å². The van der Waals surface area contributed by atoms with Gasteiger partial charge < -0.3 is 5.11 Å². The lowest BCUT2D eigenvalue weighted by molar-refractivity contribution is -0.143. The van der Waals surface area contributed by atoms with Crippen molar-refractivity contribution in [3.8, 4) is 0 Å². The molecule has 0 saturated carbocycles. The maximum absolute atomic E-state index is 14.1. The van der Waals surface area contributed by atoms with Crippen LogP contribution < -0.4 is 0 Å². The molecule has 0 radical (unpaired) electrons. The number of nitrogens with zero attached hydrogens (tertiary/aromatic N) is 1. The number of benzene rings is 2. The highest BCUT2D eigenvalue weighted by Gasteiger charge is 2.30. The molecule has 5 heteroatoms. The van der Waals surface area contributed by atoms with E-state index >= 15 is 0 Å². The molecule has 2 aromatic carbocycles. The molecule has 0 aromatic heterocycles. The second-order valence-corrected chi connectivity index (χ2v) is 6.63. The van der Waals surface area contributed by atoms with Crippen LogP contribution in [-0.4, -0.2) is 29.1 Å². The van der Waals surface area contributed by atoms with Gasteiger partial charge in [-0.15, -0.1) is 0 Å². The standard InChI is InChI=1S/C20H19ClFNO2/c1-13-12-15(21)6-7-16(13)14-8-10-23(11-9-14)19(20(24)25)17-4-2-3-5-18(17)22/h2-8,12,19H,9-11H2,1H3,(H,24,25). The Morgan fingerprint density at radius 1 is 1.28 bits per heavy atom. The summed E-state index contributed by atoms with van der Waals surface area (Å²) in [4.78, 5) is 13.5. The summed E-state index contributed by atoms with van der Waals surface area (Å²) >= 11 is 6.01. The van der Waals surface area contributed by atoms with Crippen molar-refractivity contribution in [2.24, 2.45) is 0 Å². The Balaban J connectivity index is 1.85. The predicted molar refractivity (Wildman–Crippen MR) is 97.1 cm³/mol. The van der Waals surface area contributed by atoms with Gasteiger partial charge in [0.25, 0.3) is 0 Å². The Morgan fingerprint density at radius 3 is 2.64 bits per heavy atom. The van der Waals surface area contributed by atoms with E-state index < -0.39 is 17.8 Å². The van der Waals surface area contributed by atoms with E-state index in [1.54, 1.807) is 17.0 Å². The summed E-state index contributed by atoms with van der Waals surface area (Å²) < 4.78 is 14.1. The number of rotatable bonds is 4. The minimum atomic E-state index is -1.04. The Kier molecular flexibility index (Phi) is 5.21. The molecule has 0 saturated heterocycles. The second-order valence-electron chi connectivity index (χ2n) is 6.20. The molecular weight excluding hydrogens is 341 g/mol. The molecule has 0 spiro atoms. The topological polar surface area (TPSA) is 40.5 Å². The van der Waals surface area contributed by atoms with Crippen molar-refractivity contribution in [3.63, 3.8) is 0 Å². The molecular formula is C20H19ClFNO2. The number of aliphatic carboxylic acids is 1. The molecule has 130 valence electrons. The number of hydrogen-bond acceptors (Lipinski definition) is 2. The summed E-state index contributed by atoms with van der Waals surface area (Å²) in [6, 6.07) is 10.9. The number of carboxylic acids is 1. The van der Waals surface area contributed by atoms with E-state index in [2.05, 4.69) is 0 Å². The van der Waals surface area contributed by atoms with Crippen molar-refractivity contribution in [3.05, 3.63) is 76.1 Å². The number of carbonyl (C=O) groups is 1. The molecule has 0 amide bonds. The molecule has 0 aliphatic carbocycles. The highest BCUT2D eigenvalue weighted by Crippen LogP contribution is 2.31. The van der Waals surface area contributed by atoms with E-state index in [4.69, 9.17) is 11.6 Å². The van der Waals surface area contributed by atoms with Crippen LogP contribution in [-0.2, 0) is 4.79 Å². The molecule has 1 aliphatic heterocycles. The zero-order valence-corrected chi connectivity index (χ0v) is 14.6. The lowest BCUT2D eigenvalue weighted by Gasteiger charge is -2.32. The Hall–Kier alpha value is -2.17. The van der Waals surface area contributed by atoms with Gasteiger partial charge in [-0.3, -0.25) is 9.69 Å². The molecule has 2 aromatic rings. The van der Waals surface area contributed by atoms with Gasteiger partial charge >= 0.3 is 5.97 Å². The third-order valence-electron chi connectivity index (χ3n) is 4.57. The third-order valence-corrected chi connectivity index (χ3v) is 4.81. The molecule has 1 aliphatic rings. The fourth-order valence-corrected chi connectivity index (χ4v) is 3.56. The number of hydrogen-bond donors (Lipinski definition) is 1. The van der Waals surface area contributed by atoms with Crippen molar-refractivity contribution >= 4 is 23.1 Å². The van der Waals surface area contributed by atoms with Crippen LogP contribution in [0.1, 0.15) is 29.2 Å². The molecule has 1 heterocycles. The molecule has 0 bridgehead atoms. The SMILES string of the molecule is Cc1cc(Cl)ccc1C1=CCN(C(C(=O)O)c2ccccc2F)CC1. The molecule has 1 atom stereocenters. The van der Waals surface area contributed by atoms with E-state index in [9.17, 15) is 14.3 Å². The highest BCUT2D eigenvalue weighted by atomic mass is 35.5. The van der Waals surface area contributed by atoms with Crippen LogP contribution in [0.15, 0.2) is 48.5 Å². The molecule has 25 heavy (non-hydrogen) atoms. The van der Waals surface area contributed by atoms with Gasteiger partial charge in [0.1, 0.15) is 11.9 Å². The van der Waals surface area contributed by atoms with E-state index in [-0.39, 0.29) is 5.56 Å². The van der Waals surface area contributed by atoms with E-state index in [0.29, 0.717) is 24.5 Å². The van der Waals surface area contributed by atoms with E-state index in [1.165, 1.54) is 17.7 Å². The smallest absolute Gasteiger partial charge is 0.325 e. The summed E-state index contributed by atoms with van der Waals surface area (Å²) in [7, 11) is 0. The van der Waals surface area contributed by atoms with Gasteiger partial charge in [-0.2, -0.15) is 0 Å². The van der Waals surface area contributed by atoms with Gasteiger partial charge in [-0.05, 0) is 48.2 Å². The lowest BCUT2D eigenvalue weighted by Crippen LogP contribution is -2.37. The maximum Gasteiger partial charge on any atom is 0.325 e. The van der Waals surface area contributed by atoms with E-state index in [0.717, 1.165) is 11.1 Å². The first-order chi connectivity index (χ1) is 12.0. The summed E-state index contributed by atoms with van der Waals surface area (Å²) in [5.41, 5.74) is 3.59. The summed E-state index contributed by atoms with van der Waals surface area (Å²) in [6.45, 7) is 3.02. The molecule has 3 nitrogen and oxygen atoms in total. The molecule has 3 rings (SSSR count). The minimum absolute atomic E-state index is 0.203. The Morgan fingerprint density at radius 2 is 2.04 bits per heavy atom. The third kappa shape index (κ3) is 3.75. The number of halogens is 2. The van der Waals surface area contributed by atoms with Crippen LogP contribution in [0.25, 0.3) is 5.57 Å². The van der Waals surface area contributed by atoms with Gasteiger partial charge in [-0.25, -0.2) is 4.39 Å². The first-order valence-corrected chi connectivity index (χ1v) is 8.52. The molecule has 1 N–H and O–H groups in total. The van der Waals surface area contributed by atoms with Gasteiger partial charge in [-0.1, -0.05) is 41.9 Å². The monoisotopic (exact) mass is 359 g/mol. The van der Waals surface area contributed by atoms with E-state index in [1.807, 2.05) is 31.2 Å². The van der Waals surface area contributed by atoms with Crippen molar-refractivity contribution in [1.82, 2.24) is 4.90 Å². The summed E-state index contributed by atoms with van der Waals surface area (Å²) in [6.07, 6.45) is 2.73. The zero-order valence-electron chi connectivity index (χ0n) is 13.9. The fourth-order valence-electron chi connectivity index (χ4n) is 3.33. The van der Waals surface area contributed by atoms with Crippen LogP contribution in [0.5, 0.6) is 0 Å². The summed E-state index contributed by atoms with van der Waals surface area (Å²) in [5, 5.41) is 10.3. The first-order valence-electron chi connectivity index (χ1n) is 8.14. The number of aryl methyl sites for hydroxylation is 1.